The number of phenolic OH excluding ortho intramolecular Hbond substituents is 1. The Bertz CT molecular complexity index is 1370. The van der Waals surface area contributed by atoms with Crippen LogP contribution >= 0.6 is 0 Å². The maximum atomic E-state index is 13.7. The number of benzene rings is 2. The van der Waals surface area contributed by atoms with Gasteiger partial charge >= 0.3 is 18.2 Å². The Balaban J connectivity index is 0.000000804. The van der Waals surface area contributed by atoms with Crippen LogP contribution in [0.25, 0.3) is 0 Å². The molecule has 0 radical (unpaired) electrons. The van der Waals surface area contributed by atoms with Crippen LogP contribution in [0.3, 0.4) is 0 Å². The summed E-state index contributed by atoms with van der Waals surface area (Å²) in [5.41, 5.74) is 1.72. The van der Waals surface area contributed by atoms with Crippen molar-refractivity contribution in [2.45, 2.75) is 70.7 Å². The topological polar surface area (TPSA) is 148 Å². The number of urea groups is 1. The lowest BCUT2D eigenvalue weighted by atomic mass is 9.88. The van der Waals surface area contributed by atoms with Gasteiger partial charge in [0.2, 0.25) is 5.91 Å². The van der Waals surface area contributed by atoms with Crippen molar-refractivity contribution in [2.24, 2.45) is 5.92 Å². The van der Waals surface area contributed by atoms with E-state index in [-0.39, 0.29) is 17.8 Å². The van der Waals surface area contributed by atoms with Crippen LogP contribution in [0.15, 0.2) is 48.5 Å². The number of aromatic hydroxyl groups is 1. The summed E-state index contributed by atoms with van der Waals surface area (Å²) in [6.45, 7) is 7.88. The fourth-order valence-electron chi connectivity index (χ4n) is 5.93. The number of hydrogen-bond donors (Lipinski definition) is 3. The maximum Gasteiger partial charge on any atom is 0.430 e. The highest BCUT2D eigenvalue weighted by Gasteiger charge is 2.36. The summed E-state index contributed by atoms with van der Waals surface area (Å²) >= 11 is 0. The number of hydrogen-bond acceptors (Lipinski definition) is 7. The second kappa shape index (κ2) is 17.2. The molecular formula is C34H45F3N4O7. The standard InChI is InChI=1S/C32H44N4O5.C2HF3O2/c1-23(2)41-31(39)26-11-13-27(14-12-26)33-32(40)34-29(21-24-9-15-28(37)16-10-24)30(38)35-17-19-36(3,20-18-35)22-25-7-5-4-6-8-25;3-2(4,5)1(6)7/h9-16,23,25,29H,4-8,17-22H2,1-3H3,(H2-,33,34,37,39,40);(H,6,7)/t29-;/m0./s1. The van der Waals surface area contributed by atoms with Gasteiger partial charge in [0.05, 0.1) is 51.4 Å². The van der Waals surface area contributed by atoms with Gasteiger partial charge in [0.15, 0.2) is 0 Å². The molecular weight excluding hydrogens is 633 g/mol. The van der Waals surface area contributed by atoms with Crippen LogP contribution in [0.4, 0.5) is 23.7 Å². The van der Waals surface area contributed by atoms with E-state index >= 15 is 0 Å². The molecule has 0 unspecified atom stereocenters. The molecule has 0 aromatic heterocycles. The van der Waals surface area contributed by atoms with Crippen LogP contribution in [-0.2, 0) is 20.7 Å². The third-order valence-corrected chi connectivity index (χ3v) is 8.49. The van der Waals surface area contributed by atoms with Gasteiger partial charge in [-0.2, -0.15) is 13.2 Å². The average Bonchev–Trinajstić information content (AvgIpc) is 3.02. The van der Waals surface area contributed by atoms with Crippen molar-refractivity contribution in [1.82, 2.24) is 10.2 Å². The lowest BCUT2D eigenvalue weighted by Gasteiger charge is -2.44. The minimum absolute atomic E-state index is 0.107. The molecule has 1 aliphatic carbocycles. The van der Waals surface area contributed by atoms with E-state index in [1.165, 1.54) is 38.6 Å². The molecule has 2 aromatic carbocycles. The molecule has 48 heavy (non-hydrogen) atoms. The number of carboxylic acid groups (broad SMARTS) is 1. The van der Waals surface area contributed by atoms with Crippen molar-refractivity contribution < 1.29 is 51.8 Å². The van der Waals surface area contributed by atoms with Gasteiger partial charge in [-0.15, -0.1) is 0 Å². The number of esters is 1. The van der Waals surface area contributed by atoms with Crippen molar-refractivity contribution in [2.75, 3.05) is 45.1 Å². The number of carbonyl (C=O) groups is 4. The minimum atomic E-state index is -5.19. The highest BCUT2D eigenvalue weighted by atomic mass is 19.4. The molecule has 264 valence electrons. The van der Waals surface area contributed by atoms with Crippen LogP contribution < -0.4 is 15.7 Å². The van der Waals surface area contributed by atoms with Crippen molar-refractivity contribution in [3.05, 3.63) is 59.7 Å². The summed E-state index contributed by atoms with van der Waals surface area (Å²) in [6.07, 6.45) is 1.52. The number of carboxylic acids is 1. The van der Waals surface area contributed by atoms with E-state index < -0.39 is 30.2 Å². The molecule has 11 nitrogen and oxygen atoms in total. The number of nitrogens with zero attached hydrogens (tertiary/aromatic N) is 2. The molecule has 2 aliphatic rings. The molecule has 1 saturated carbocycles. The van der Waals surface area contributed by atoms with E-state index in [4.69, 9.17) is 14.6 Å². The number of likely N-dealkylation sites (N-methyl/N-ethyl adjacent to an activating group) is 1. The van der Waals surface area contributed by atoms with Crippen molar-refractivity contribution in [3.63, 3.8) is 0 Å². The number of alkyl halides is 3. The normalized spacial score (nSPS) is 17.0. The third-order valence-electron chi connectivity index (χ3n) is 8.49. The first-order chi connectivity index (χ1) is 22.5. The van der Waals surface area contributed by atoms with Gasteiger partial charge < -0.3 is 39.8 Å². The van der Waals surface area contributed by atoms with Crippen molar-refractivity contribution in [3.8, 4) is 5.75 Å². The monoisotopic (exact) mass is 678 g/mol. The fraction of sp³-hybridized carbons (Fsp3) is 0.529. The molecule has 4 rings (SSSR count). The molecule has 3 N–H and O–H groups in total. The second-order valence-electron chi connectivity index (χ2n) is 12.9. The number of anilines is 1. The van der Waals surface area contributed by atoms with E-state index in [0.717, 1.165) is 29.1 Å². The molecule has 1 heterocycles. The SMILES string of the molecule is CC(C)OC(=O)c1ccc(NC(=O)N[C@@H](Cc2ccc(O)cc2)C(=O)N2CC[N+](C)(CC3CCCCC3)CC2)cc1.O=C([O-])C(F)(F)F. The van der Waals surface area contributed by atoms with E-state index in [2.05, 4.69) is 17.7 Å². The Kier molecular flexibility index (Phi) is 13.6. The van der Waals surface area contributed by atoms with Gasteiger partial charge in [0.25, 0.3) is 0 Å². The summed E-state index contributed by atoms with van der Waals surface area (Å²) < 4.78 is 37.8. The maximum absolute atomic E-state index is 13.7. The quantitative estimate of drug-likeness (QED) is 0.270. The average molecular weight is 679 g/mol. The number of aliphatic carboxylic acids is 1. The van der Waals surface area contributed by atoms with Gasteiger partial charge in [-0.1, -0.05) is 31.4 Å². The van der Waals surface area contributed by atoms with E-state index in [9.17, 15) is 32.7 Å². The number of piperazine rings is 1. The highest BCUT2D eigenvalue weighted by molar-refractivity contribution is 5.95. The number of amides is 3. The van der Waals surface area contributed by atoms with E-state index in [1.54, 1.807) is 62.4 Å². The largest absolute Gasteiger partial charge is 0.542 e. The van der Waals surface area contributed by atoms with Gasteiger partial charge in [-0.3, -0.25) is 4.79 Å². The predicted octanol–water partition coefficient (Wildman–Crippen LogP) is 3.86. The predicted molar refractivity (Wildman–Crippen MR) is 170 cm³/mol. The number of nitrogens with one attached hydrogen (secondary N) is 2. The Hall–Kier alpha value is -4.33. The number of quaternary nitrogens is 1. The first-order valence-electron chi connectivity index (χ1n) is 16.1. The van der Waals surface area contributed by atoms with Gasteiger partial charge in [-0.05, 0) is 68.7 Å². The minimum Gasteiger partial charge on any atom is -0.542 e. The summed E-state index contributed by atoms with van der Waals surface area (Å²) in [6, 6.07) is 11.9. The molecule has 14 heteroatoms. The lowest BCUT2D eigenvalue weighted by Crippen LogP contribution is -2.62. The third kappa shape index (κ3) is 12.4. The zero-order valence-corrected chi connectivity index (χ0v) is 27.6. The zero-order valence-electron chi connectivity index (χ0n) is 27.6. The molecule has 0 spiro atoms. The van der Waals surface area contributed by atoms with E-state index in [0.29, 0.717) is 30.8 Å². The van der Waals surface area contributed by atoms with Crippen molar-refractivity contribution >= 4 is 29.6 Å². The highest BCUT2D eigenvalue weighted by Crippen LogP contribution is 2.27. The molecule has 3 amide bonds. The number of rotatable bonds is 9. The van der Waals surface area contributed by atoms with Crippen molar-refractivity contribution in [1.29, 1.82) is 0 Å². The Labute approximate surface area is 278 Å². The molecule has 1 aliphatic heterocycles. The Morgan fingerprint density at radius 3 is 2.06 bits per heavy atom. The van der Waals surface area contributed by atoms with E-state index in [1.807, 2.05) is 4.90 Å². The van der Waals surface area contributed by atoms with Gasteiger partial charge in [-0.25, -0.2) is 9.59 Å². The Morgan fingerprint density at radius 1 is 0.979 bits per heavy atom. The number of ether oxygens (including phenoxy) is 1. The number of halogens is 3. The fourth-order valence-corrected chi connectivity index (χ4v) is 5.93. The molecule has 1 saturated heterocycles. The molecule has 2 aromatic rings. The molecule has 2 fully saturated rings. The molecule has 1 atom stereocenters. The summed E-state index contributed by atoms with van der Waals surface area (Å²) in [7, 11) is 2.31. The summed E-state index contributed by atoms with van der Waals surface area (Å²) in [5.74, 6) is -2.62. The van der Waals surface area contributed by atoms with Gasteiger partial charge in [0, 0.05) is 18.0 Å². The first kappa shape index (κ1) is 38.1. The molecule has 0 bridgehead atoms. The van der Waals surface area contributed by atoms with Crippen LogP contribution in [-0.4, -0.2) is 96.5 Å². The van der Waals surface area contributed by atoms with Gasteiger partial charge in [0.1, 0.15) is 17.8 Å². The van der Waals surface area contributed by atoms with Crippen LogP contribution in [0.2, 0.25) is 0 Å². The smallest absolute Gasteiger partial charge is 0.430 e. The van der Waals surface area contributed by atoms with Crippen LogP contribution in [0.1, 0.15) is 61.9 Å². The Morgan fingerprint density at radius 2 is 1.54 bits per heavy atom. The van der Waals surface area contributed by atoms with Crippen LogP contribution in [0.5, 0.6) is 5.75 Å². The summed E-state index contributed by atoms with van der Waals surface area (Å²) in [4.78, 5) is 49.5. The lowest BCUT2D eigenvalue weighted by molar-refractivity contribution is -0.916. The van der Waals surface area contributed by atoms with Crippen LogP contribution in [0, 0.1) is 5.92 Å². The zero-order chi connectivity index (χ0) is 35.5. The summed E-state index contributed by atoms with van der Waals surface area (Å²) in [5, 5.41) is 24.1. The number of phenols is 1. The second-order valence-corrected chi connectivity index (χ2v) is 12.9. The first-order valence-corrected chi connectivity index (χ1v) is 16.1. The number of carbonyl (C=O) groups excluding carboxylic acids is 4.